The maximum absolute atomic E-state index is 11.7. The number of furan rings is 1. The van der Waals surface area contributed by atoms with Crippen molar-refractivity contribution < 1.29 is 18.7 Å². The summed E-state index contributed by atoms with van der Waals surface area (Å²) in [7, 11) is 1.59. The van der Waals surface area contributed by atoms with E-state index in [9.17, 15) is 4.79 Å². The Morgan fingerprint density at radius 3 is 2.73 bits per heavy atom. The summed E-state index contributed by atoms with van der Waals surface area (Å²) in [6.45, 7) is 2.27. The highest BCUT2D eigenvalue weighted by atomic mass is 16.5. The number of para-hydroxylation sites is 2. The first-order valence-electron chi connectivity index (χ1n) is 6.98. The van der Waals surface area contributed by atoms with Crippen LogP contribution in [0.15, 0.2) is 53.2 Å². The van der Waals surface area contributed by atoms with E-state index in [1.807, 2.05) is 31.2 Å². The van der Waals surface area contributed by atoms with Crippen LogP contribution in [0.4, 0.5) is 0 Å². The number of nitrogens with one attached hydrogen (secondary N) is 1. The molecular weight excluding hydrogens is 282 g/mol. The van der Waals surface area contributed by atoms with E-state index >= 15 is 0 Å². The molecule has 1 heterocycles. The predicted molar refractivity (Wildman–Crippen MR) is 83.8 cm³/mol. The zero-order valence-electron chi connectivity index (χ0n) is 12.6. The third-order valence-electron chi connectivity index (χ3n) is 2.90. The molecule has 0 aliphatic carbocycles. The summed E-state index contributed by atoms with van der Waals surface area (Å²) in [6.07, 6.45) is 4.41. The van der Waals surface area contributed by atoms with Crippen molar-refractivity contribution in [2.24, 2.45) is 0 Å². The number of hydrogen-bond acceptors (Lipinski definition) is 4. The first-order chi connectivity index (χ1) is 10.7. The van der Waals surface area contributed by atoms with E-state index in [0.717, 1.165) is 0 Å². The zero-order chi connectivity index (χ0) is 15.8. The van der Waals surface area contributed by atoms with Gasteiger partial charge >= 0.3 is 0 Å². The van der Waals surface area contributed by atoms with Gasteiger partial charge in [0.05, 0.1) is 19.9 Å². The number of carbonyl (C=O) groups excluding carboxylic acids is 1. The summed E-state index contributed by atoms with van der Waals surface area (Å²) >= 11 is 0. The molecule has 0 bridgehead atoms. The van der Waals surface area contributed by atoms with Gasteiger partial charge in [-0.25, -0.2) is 0 Å². The van der Waals surface area contributed by atoms with Gasteiger partial charge in [0.1, 0.15) is 11.9 Å². The Morgan fingerprint density at radius 2 is 2.05 bits per heavy atom. The third kappa shape index (κ3) is 4.70. The van der Waals surface area contributed by atoms with E-state index in [4.69, 9.17) is 13.9 Å². The van der Waals surface area contributed by atoms with Gasteiger partial charge in [0.25, 0.3) is 0 Å². The van der Waals surface area contributed by atoms with Crippen molar-refractivity contribution in [3.05, 3.63) is 54.5 Å². The van der Waals surface area contributed by atoms with Crippen molar-refractivity contribution in [1.82, 2.24) is 5.32 Å². The molecule has 0 aliphatic rings. The quantitative estimate of drug-likeness (QED) is 0.799. The average Bonchev–Trinajstić information content (AvgIpc) is 3.05. The fourth-order valence-corrected chi connectivity index (χ4v) is 1.82. The first kappa shape index (κ1) is 15.7. The molecule has 22 heavy (non-hydrogen) atoms. The minimum absolute atomic E-state index is 0.183. The van der Waals surface area contributed by atoms with Crippen LogP contribution in [0.2, 0.25) is 0 Å². The SMILES string of the molecule is COc1ccccc1O[C@@H](C)CNC(=O)/C=C\c1ccco1. The van der Waals surface area contributed by atoms with Crippen molar-refractivity contribution in [3.63, 3.8) is 0 Å². The lowest BCUT2D eigenvalue weighted by molar-refractivity contribution is -0.116. The van der Waals surface area contributed by atoms with Gasteiger partial charge in [0.15, 0.2) is 11.5 Å². The fourth-order valence-electron chi connectivity index (χ4n) is 1.82. The minimum Gasteiger partial charge on any atom is -0.493 e. The summed E-state index contributed by atoms with van der Waals surface area (Å²) in [5, 5.41) is 2.77. The second-order valence-corrected chi connectivity index (χ2v) is 4.67. The standard InChI is InChI=1S/C17H19NO4/c1-13(22-16-8-4-3-7-15(16)20-2)12-18-17(19)10-9-14-6-5-11-21-14/h3-11,13H,12H2,1-2H3,(H,18,19)/b10-9-/t13-/m0/s1. The Labute approximate surface area is 129 Å². The molecule has 1 amide bonds. The van der Waals surface area contributed by atoms with Crippen molar-refractivity contribution in [1.29, 1.82) is 0 Å². The third-order valence-corrected chi connectivity index (χ3v) is 2.90. The number of carbonyl (C=O) groups is 1. The molecule has 0 fully saturated rings. The molecule has 1 aromatic carbocycles. The molecular formula is C17H19NO4. The van der Waals surface area contributed by atoms with Crippen LogP contribution in [-0.4, -0.2) is 25.7 Å². The van der Waals surface area contributed by atoms with Gasteiger partial charge in [-0.05, 0) is 37.3 Å². The van der Waals surface area contributed by atoms with Gasteiger partial charge in [0, 0.05) is 6.08 Å². The Balaban J connectivity index is 1.80. The second-order valence-electron chi connectivity index (χ2n) is 4.67. The molecule has 2 rings (SSSR count). The van der Waals surface area contributed by atoms with Gasteiger partial charge in [-0.15, -0.1) is 0 Å². The van der Waals surface area contributed by atoms with Crippen molar-refractivity contribution >= 4 is 12.0 Å². The van der Waals surface area contributed by atoms with Crippen molar-refractivity contribution in [2.75, 3.05) is 13.7 Å². The molecule has 116 valence electrons. The van der Waals surface area contributed by atoms with E-state index in [-0.39, 0.29) is 12.0 Å². The van der Waals surface area contributed by atoms with Crippen molar-refractivity contribution in [2.45, 2.75) is 13.0 Å². The molecule has 0 unspecified atom stereocenters. The van der Waals surface area contributed by atoms with Crippen LogP contribution >= 0.6 is 0 Å². The monoisotopic (exact) mass is 301 g/mol. The van der Waals surface area contributed by atoms with Gasteiger partial charge in [-0.3, -0.25) is 4.79 Å². The van der Waals surface area contributed by atoms with Gasteiger partial charge in [-0.2, -0.15) is 0 Å². The fraction of sp³-hybridized carbons (Fsp3) is 0.235. The lowest BCUT2D eigenvalue weighted by Gasteiger charge is -2.16. The summed E-state index contributed by atoms with van der Waals surface area (Å²) in [6, 6.07) is 10.9. The minimum atomic E-state index is -0.202. The van der Waals surface area contributed by atoms with E-state index in [1.165, 1.54) is 6.08 Å². The van der Waals surface area contributed by atoms with Crippen LogP contribution in [0.25, 0.3) is 6.08 Å². The molecule has 1 aromatic heterocycles. The summed E-state index contributed by atoms with van der Waals surface area (Å²) in [4.78, 5) is 11.7. The molecule has 0 saturated heterocycles. The van der Waals surface area contributed by atoms with Crippen LogP contribution in [0.3, 0.4) is 0 Å². The molecule has 0 spiro atoms. The normalized spacial score (nSPS) is 12.1. The highest BCUT2D eigenvalue weighted by Crippen LogP contribution is 2.26. The highest BCUT2D eigenvalue weighted by molar-refractivity contribution is 5.91. The maximum atomic E-state index is 11.7. The van der Waals surface area contributed by atoms with E-state index in [2.05, 4.69) is 5.32 Å². The van der Waals surface area contributed by atoms with Gasteiger partial charge < -0.3 is 19.2 Å². The lowest BCUT2D eigenvalue weighted by Crippen LogP contribution is -2.32. The molecule has 5 nitrogen and oxygen atoms in total. The molecule has 1 atom stereocenters. The Bertz CT molecular complexity index is 619. The Morgan fingerprint density at radius 1 is 1.27 bits per heavy atom. The second kappa shape index (κ2) is 7.93. The average molecular weight is 301 g/mol. The summed E-state index contributed by atoms with van der Waals surface area (Å²) in [5.41, 5.74) is 0. The van der Waals surface area contributed by atoms with Crippen LogP contribution < -0.4 is 14.8 Å². The largest absolute Gasteiger partial charge is 0.493 e. The topological polar surface area (TPSA) is 60.7 Å². The molecule has 5 heteroatoms. The molecule has 2 aromatic rings. The number of methoxy groups -OCH3 is 1. The van der Waals surface area contributed by atoms with E-state index in [1.54, 1.807) is 31.6 Å². The van der Waals surface area contributed by atoms with Crippen LogP contribution in [0.1, 0.15) is 12.7 Å². The van der Waals surface area contributed by atoms with Gasteiger partial charge in [0.2, 0.25) is 5.91 Å². The summed E-state index contributed by atoms with van der Waals surface area (Å²) < 4.78 is 16.1. The number of benzene rings is 1. The number of ether oxygens (including phenoxy) is 2. The number of amides is 1. The highest BCUT2D eigenvalue weighted by Gasteiger charge is 2.09. The van der Waals surface area contributed by atoms with Crippen LogP contribution in [-0.2, 0) is 4.79 Å². The Kier molecular flexibility index (Phi) is 5.65. The number of hydrogen-bond donors (Lipinski definition) is 1. The van der Waals surface area contributed by atoms with Crippen molar-refractivity contribution in [3.8, 4) is 11.5 Å². The first-order valence-corrected chi connectivity index (χ1v) is 6.98. The smallest absolute Gasteiger partial charge is 0.244 e. The maximum Gasteiger partial charge on any atom is 0.244 e. The molecule has 0 saturated carbocycles. The molecule has 1 N–H and O–H groups in total. The van der Waals surface area contributed by atoms with E-state index < -0.39 is 0 Å². The van der Waals surface area contributed by atoms with Crippen LogP contribution in [0.5, 0.6) is 11.5 Å². The number of rotatable bonds is 7. The molecule has 0 radical (unpaired) electrons. The summed E-state index contributed by atoms with van der Waals surface area (Å²) in [5.74, 6) is 1.75. The van der Waals surface area contributed by atoms with Gasteiger partial charge in [-0.1, -0.05) is 12.1 Å². The Hall–Kier alpha value is -2.69. The lowest BCUT2D eigenvalue weighted by atomic mass is 10.3. The molecule has 0 aliphatic heterocycles. The van der Waals surface area contributed by atoms with Crippen LogP contribution in [0, 0.1) is 0 Å². The van der Waals surface area contributed by atoms with E-state index in [0.29, 0.717) is 23.8 Å². The zero-order valence-corrected chi connectivity index (χ0v) is 12.6. The predicted octanol–water partition coefficient (Wildman–Crippen LogP) is 2.89.